The molecule has 0 bridgehead atoms. The first-order valence-electron chi connectivity index (χ1n) is 17.3. The van der Waals surface area contributed by atoms with Gasteiger partial charge in [-0.05, 0) is 81.7 Å². The molecule has 11 heteroatoms. The monoisotopic (exact) mass is 699 g/mol. The Labute approximate surface area is 295 Å². The molecule has 0 spiro atoms. The van der Waals surface area contributed by atoms with Gasteiger partial charge in [0.2, 0.25) is 23.6 Å². The lowest BCUT2D eigenvalue weighted by Crippen LogP contribution is -2.59. The van der Waals surface area contributed by atoms with Crippen LogP contribution in [-0.4, -0.2) is 78.7 Å². The molecule has 4 N–H and O–H groups in total. The first-order chi connectivity index (χ1) is 23.0. The summed E-state index contributed by atoms with van der Waals surface area (Å²) in [4.78, 5) is 58.5. The molecule has 0 unspecified atom stereocenters. The Morgan fingerprint density at radius 3 is 2.27 bits per heavy atom. The Hall–Kier alpha value is -3.14. The van der Waals surface area contributed by atoms with Crippen LogP contribution in [0.2, 0.25) is 10.0 Å². The zero-order valence-electron chi connectivity index (χ0n) is 28.4. The van der Waals surface area contributed by atoms with Crippen LogP contribution < -0.4 is 16.4 Å². The average molecular weight is 701 g/mol. The minimum atomic E-state index is -0.879. The predicted octanol–water partition coefficient (Wildman–Crippen LogP) is 5.16. The number of nitrogens with one attached hydrogen (secondary N) is 2. The highest BCUT2D eigenvalue weighted by molar-refractivity contribution is 6.42. The SMILES string of the molecule is CCNC(=O)[C@]1(Cc2ccccc2)CCCN(C(=O)[C@@H](Cc2ccc(Cl)c(Cl)c2)NC(=O)C2(C)CCN(C(=O)CCCCCN)CC2)C1. The van der Waals surface area contributed by atoms with E-state index in [1.165, 1.54) is 0 Å². The van der Waals surface area contributed by atoms with Gasteiger partial charge in [-0.1, -0.05) is 72.9 Å². The lowest BCUT2D eigenvalue weighted by molar-refractivity contribution is -0.146. The van der Waals surface area contributed by atoms with Gasteiger partial charge in [-0.15, -0.1) is 0 Å². The van der Waals surface area contributed by atoms with E-state index in [-0.39, 0.29) is 36.6 Å². The van der Waals surface area contributed by atoms with Crippen LogP contribution in [0.1, 0.15) is 76.3 Å². The maximum absolute atomic E-state index is 14.4. The molecule has 9 nitrogen and oxygen atoms in total. The molecule has 0 aliphatic carbocycles. The quantitative estimate of drug-likeness (QED) is 0.235. The lowest BCUT2D eigenvalue weighted by Gasteiger charge is -2.43. The third kappa shape index (κ3) is 9.73. The van der Waals surface area contributed by atoms with E-state index in [4.69, 9.17) is 28.9 Å². The van der Waals surface area contributed by atoms with Crippen LogP contribution in [0.25, 0.3) is 0 Å². The Kier molecular flexibility index (Phi) is 13.7. The molecule has 262 valence electrons. The molecule has 2 heterocycles. The highest BCUT2D eigenvalue weighted by Gasteiger charge is 2.45. The van der Waals surface area contributed by atoms with E-state index in [0.717, 1.165) is 30.4 Å². The summed E-state index contributed by atoms with van der Waals surface area (Å²) in [5.74, 6) is -0.403. The topological polar surface area (TPSA) is 125 Å². The predicted molar refractivity (Wildman–Crippen MR) is 191 cm³/mol. The minimum Gasteiger partial charge on any atom is -0.356 e. The van der Waals surface area contributed by atoms with Crippen LogP contribution in [0, 0.1) is 10.8 Å². The molecule has 2 fully saturated rings. The van der Waals surface area contributed by atoms with Crippen LogP contribution in [-0.2, 0) is 32.0 Å². The molecule has 2 aromatic carbocycles. The molecule has 0 saturated carbocycles. The average Bonchev–Trinajstić information content (AvgIpc) is 3.08. The molecule has 0 aromatic heterocycles. The van der Waals surface area contributed by atoms with Gasteiger partial charge in [-0.2, -0.15) is 0 Å². The number of likely N-dealkylation sites (tertiary alicyclic amines) is 2. The molecule has 4 rings (SSSR count). The summed E-state index contributed by atoms with van der Waals surface area (Å²) in [6, 6.07) is 14.2. The second-order valence-electron chi connectivity index (χ2n) is 13.7. The minimum absolute atomic E-state index is 0.0652. The van der Waals surface area contributed by atoms with Gasteiger partial charge in [0.15, 0.2) is 0 Å². The van der Waals surface area contributed by atoms with E-state index in [2.05, 4.69) is 10.6 Å². The van der Waals surface area contributed by atoms with Gasteiger partial charge in [-0.3, -0.25) is 19.2 Å². The molecule has 2 aliphatic heterocycles. The van der Waals surface area contributed by atoms with Crippen molar-refractivity contribution < 1.29 is 19.2 Å². The van der Waals surface area contributed by atoms with Gasteiger partial charge in [0.1, 0.15) is 6.04 Å². The third-order valence-electron chi connectivity index (χ3n) is 9.98. The number of nitrogens with two attached hydrogens (primary N) is 1. The summed E-state index contributed by atoms with van der Waals surface area (Å²) in [5.41, 5.74) is 5.84. The van der Waals surface area contributed by atoms with Crippen molar-refractivity contribution >= 4 is 46.8 Å². The number of halogens is 2. The highest BCUT2D eigenvalue weighted by atomic mass is 35.5. The second kappa shape index (κ2) is 17.5. The Balaban J connectivity index is 1.52. The molecule has 2 aliphatic rings. The Morgan fingerprint density at radius 1 is 0.875 bits per heavy atom. The normalized spacial score (nSPS) is 19.8. The molecular weight excluding hydrogens is 649 g/mol. The van der Waals surface area contributed by atoms with Crippen molar-refractivity contribution in [3.05, 3.63) is 69.7 Å². The molecule has 2 saturated heterocycles. The summed E-state index contributed by atoms with van der Waals surface area (Å²) in [7, 11) is 0. The van der Waals surface area contributed by atoms with Crippen LogP contribution in [0.3, 0.4) is 0 Å². The molecule has 0 radical (unpaired) electrons. The lowest BCUT2D eigenvalue weighted by atomic mass is 9.74. The fourth-order valence-corrected chi connectivity index (χ4v) is 7.27. The largest absolute Gasteiger partial charge is 0.356 e. The van der Waals surface area contributed by atoms with Crippen molar-refractivity contribution in [2.75, 3.05) is 39.3 Å². The standard InChI is InChI=1S/C37H51Cl2N5O4/c1-3-41-35(48)37(25-27-11-6-4-7-12-27)16-10-20-44(26-37)33(46)31(24-28-14-15-29(38)30(39)23-28)42-34(47)36(2)17-21-43(22-18-36)32(45)13-8-5-9-19-40/h4,6-7,11-12,14-15,23,31H,3,5,8-10,13,16-22,24-26,40H2,1-2H3,(H,41,48)(H,42,47)/t31-,37+/m1/s1. The summed E-state index contributed by atoms with van der Waals surface area (Å²) < 4.78 is 0. The molecule has 2 aromatic rings. The van der Waals surface area contributed by atoms with Crippen LogP contribution in [0.15, 0.2) is 48.5 Å². The number of piperidine rings is 2. The Morgan fingerprint density at radius 2 is 1.60 bits per heavy atom. The number of hydrogen-bond donors (Lipinski definition) is 3. The number of unbranched alkanes of at least 4 members (excludes halogenated alkanes) is 2. The summed E-state index contributed by atoms with van der Waals surface area (Å²) in [5, 5.41) is 6.90. The van der Waals surface area contributed by atoms with E-state index in [1.807, 2.05) is 55.1 Å². The van der Waals surface area contributed by atoms with Gasteiger partial charge < -0.3 is 26.2 Å². The first kappa shape index (κ1) is 37.7. The summed E-state index contributed by atoms with van der Waals surface area (Å²) in [6.07, 6.45) is 6.18. The van der Waals surface area contributed by atoms with Crippen molar-refractivity contribution in [1.29, 1.82) is 0 Å². The number of hydrogen-bond acceptors (Lipinski definition) is 5. The van der Waals surface area contributed by atoms with E-state index in [9.17, 15) is 19.2 Å². The summed E-state index contributed by atoms with van der Waals surface area (Å²) in [6.45, 7) is 6.65. The van der Waals surface area contributed by atoms with Gasteiger partial charge >= 0.3 is 0 Å². The number of carbonyl (C=O) groups excluding carboxylic acids is 4. The van der Waals surface area contributed by atoms with Crippen LogP contribution in [0.4, 0.5) is 0 Å². The van der Waals surface area contributed by atoms with Crippen molar-refractivity contribution in [1.82, 2.24) is 20.4 Å². The zero-order chi connectivity index (χ0) is 34.7. The van der Waals surface area contributed by atoms with Crippen molar-refractivity contribution in [2.24, 2.45) is 16.6 Å². The first-order valence-corrected chi connectivity index (χ1v) is 18.1. The van der Waals surface area contributed by atoms with Crippen molar-refractivity contribution in [2.45, 2.75) is 84.1 Å². The van der Waals surface area contributed by atoms with Gasteiger partial charge in [0, 0.05) is 51.0 Å². The van der Waals surface area contributed by atoms with Crippen LogP contribution in [0.5, 0.6) is 0 Å². The number of carbonyl (C=O) groups is 4. The van der Waals surface area contributed by atoms with Crippen molar-refractivity contribution in [3.8, 4) is 0 Å². The number of benzene rings is 2. The fraction of sp³-hybridized carbons (Fsp3) is 0.568. The molecule has 48 heavy (non-hydrogen) atoms. The van der Waals surface area contributed by atoms with Crippen molar-refractivity contribution in [3.63, 3.8) is 0 Å². The van der Waals surface area contributed by atoms with E-state index >= 15 is 0 Å². The maximum Gasteiger partial charge on any atom is 0.245 e. The fourth-order valence-electron chi connectivity index (χ4n) is 6.95. The van der Waals surface area contributed by atoms with E-state index in [1.54, 1.807) is 17.0 Å². The van der Waals surface area contributed by atoms with Gasteiger partial charge in [0.05, 0.1) is 15.5 Å². The van der Waals surface area contributed by atoms with E-state index < -0.39 is 16.9 Å². The molecular formula is C37H51Cl2N5O4. The Bertz CT molecular complexity index is 1420. The number of rotatable bonds is 14. The third-order valence-corrected chi connectivity index (χ3v) is 10.7. The maximum atomic E-state index is 14.4. The van der Waals surface area contributed by atoms with Gasteiger partial charge in [-0.25, -0.2) is 0 Å². The van der Waals surface area contributed by atoms with Crippen LogP contribution >= 0.6 is 23.2 Å². The molecule has 4 amide bonds. The highest BCUT2D eigenvalue weighted by Crippen LogP contribution is 2.36. The zero-order valence-corrected chi connectivity index (χ0v) is 29.9. The second-order valence-corrected chi connectivity index (χ2v) is 14.5. The number of nitrogens with zero attached hydrogens (tertiary/aromatic N) is 2. The summed E-state index contributed by atoms with van der Waals surface area (Å²) >= 11 is 12.5. The van der Waals surface area contributed by atoms with Gasteiger partial charge in [0.25, 0.3) is 0 Å². The van der Waals surface area contributed by atoms with E-state index in [0.29, 0.717) is 81.3 Å². The number of amides is 4. The smallest absolute Gasteiger partial charge is 0.245 e. The molecule has 2 atom stereocenters.